The van der Waals surface area contributed by atoms with Crippen LogP contribution in [-0.2, 0) is 17.8 Å². The molecule has 0 saturated carbocycles. The van der Waals surface area contributed by atoms with E-state index in [0.29, 0.717) is 34.5 Å². The molecule has 1 N–H and O–H groups in total. The zero-order chi connectivity index (χ0) is 18.0. The summed E-state index contributed by atoms with van der Waals surface area (Å²) in [7, 11) is 0. The average Bonchev–Trinajstić information content (AvgIpc) is 2.59. The van der Waals surface area contributed by atoms with Crippen LogP contribution in [0.5, 0.6) is 5.75 Å². The van der Waals surface area contributed by atoms with Gasteiger partial charge in [0.05, 0.1) is 12.0 Å². The number of nitrogens with zero attached hydrogens (tertiary/aromatic N) is 1. The highest BCUT2D eigenvalue weighted by Crippen LogP contribution is 2.30. The van der Waals surface area contributed by atoms with Crippen molar-refractivity contribution in [1.82, 2.24) is 4.98 Å². The molecule has 25 heavy (non-hydrogen) atoms. The molecule has 1 aromatic carbocycles. The van der Waals surface area contributed by atoms with Crippen molar-refractivity contribution in [3.8, 4) is 5.75 Å². The van der Waals surface area contributed by atoms with E-state index in [1.165, 1.54) is 0 Å². The summed E-state index contributed by atoms with van der Waals surface area (Å²) in [4.78, 5) is 27.1. The largest absolute Gasteiger partial charge is 0.488 e. The van der Waals surface area contributed by atoms with E-state index in [4.69, 9.17) is 14.3 Å². The smallest absolute Gasteiger partial charge is 0.340 e. The number of aromatic nitrogens is 1. The molecule has 0 fully saturated rings. The van der Waals surface area contributed by atoms with Crippen LogP contribution in [0.15, 0.2) is 45.9 Å². The SMILES string of the molecule is Cc1c(CC(=O)O)c(=O)oc2c(C)c(OCc3cccnc3)ccc12. The third kappa shape index (κ3) is 3.38. The average molecular weight is 339 g/mol. The van der Waals surface area contributed by atoms with Crippen molar-refractivity contribution in [3.05, 3.63) is 69.3 Å². The van der Waals surface area contributed by atoms with Gasteiger partial charge in [-0.3, -0.25) is 9.78 Å². The van der Waals surface area contributed by atoms with E-state index in [9.17, 15) is 9.59 Å². The predicted octanol–water partition coefficient (Wildman–Crippen LogP) is 3.01. The highest BCUT2D eigenvalue weighted by Gasteiger charge is 2.17. The van der Waals surface area contributed by atoms with Crippen molar-refractivity contribution in [1.29, 1.82) is 0 Å². The maximum absolute atomic E-state index is 12.2. The Morgan fingerprint density at radius 3 is 2.72 bits per heavy atom. The first-order valence-corrected chi connectivity index (χ1v) is 7.76. The zero-order valence-electron chi connectivity index (χ0n) is 13.9. The molecule has 6 nitrogen and oxygen atoms in total. The molecule has 6 heteroatoms. The van der Waals surface area contributed by atoms with Crippen LogP contribution in [0.2, 0.25) is 0 Å². The van der Waals surface area contributed by atoms with Crippen molar-refractivity contribution >= 4 is 16.9 Å². The highest BCUT2D eigenvalue weighted by atomic mass is 16.5. The van der Waals surface area contributed by atoms with Gasteiger partial charge in [-0.15, -0.1) is 0 Å². The molecule has 0 atom stereocenters. The van der Waals surface area contributed by atoms with Crippen LogP contribution in [0.25, 0.3) is 11.0 Å². The number of pyridine rings is 1. The summed E-state index contributed by atoms with van der Waals surface area (Å²) in [6.45, 7) is 3.88. The van der Waals surface area contributed by atoms with Gasteiger partial charge in [0.15, 0.2) is 0 Å². The molecule has 2 aromatic heterocycles. The van der Waals surface area contributed by atoms with Crippen LogP contribution < -0.4 is 10.4 Å². The third-order valence-electron chi connectivity index (χ3n) is 4.10. The minimum Gasteiger partial charge on any atom is -0.488 e. The topological polar surface area (TPSA) is 89.6 Å². The lowest BCUT2D eigenvalue weighted by Gasteiger charge is -2.12. The van der Waals surface area contributed by atoms with Crippen LogP contribution in [0.4, 0.5) is 0 Å². The van der Waals surface area contributed by atoms with Gasteiger partial charge < -0.3 is 14.3 Å². The second-order valence-corrected chi connectivity index (χ2v) is 5.78. The van der Waals surface area contributed by atoms with Crippen LogP contribution in [-0.4, -0.2) is 16.1 Å². The Hall–Kier alpha value is -3.15. The number of carboxylic acid groups (broad SMARTS) is 1. The first-order valence-electron chi connectivity index (χ1n) is 7.76. The molecule has 0 aliphatic heterocycles. The Bertz CT molecular complexity index is 992. The fourth-order valence-electron chi connectivity index (χ4n) is 2.73. The number of rotatable bonds is 5. The van der Waals surface area contributed by atoms with Crippen LogP contribution in [0.3, 0.4) is 0 Å². The molecule has 2 heterocycles. The van der Waals surface area contributed by atoms with Crippen LogP contribution in [0.1, 0.15) is 22.3 Å². The summed E-state index contributed by atoms with van der Waals surface area (Å²) >= 11 is 0. The molecule has 0 saturated heterocycles. The Kier molecular flexibility index (Phi) is 4.52. The van der Waals surface area contributed by atoms with Crippen molar-refractivity contribution in [2.75, 3.05) is 0 Å². The lowest BCUT2D eigenvalue weighted by atomic mass is 10.0. The minimum atomic E-state index is -1.07. The second-order valence-electron chi connectivity index (χ2n) is 5.78. The van der Waals surface area contributed by atoms with E-state index in [2.05, 4.69) is 4.98 Å². The minimum absolute atomic E-state index is 0.170. The summed E-state index contributed by atoms with van der Waals surface area (Å²) in [6, 6.07) is 7.32. The quantitative estimate of drug-likeness (QED) is 0.719. The molecule has 3 rings (SSSR count). The van der Waals surface area contributed by atoms with Gasteiger partial charge in [-0.25, -0.2) is 4.79 Å². The predicted molar refractivity (Wildman–Crippen MR) is 91.9 cm³/mol. The van der Waals surface area contributed by atoms with Gasteiger partial charge in [0.2, 0.25) is 0 Å². The number of benzene rings is 1. The molecule has 0 unspecified atom stereocenters. The normalized spacial score (nSPS) is 10.8. The lowest BCUT2D eigenvalue weighted by molar-refractivity contribution is -0.136. The molecule has 0 radical (unpaired) electrons. The number of fused-ring (bicyclic) bond motifs is 1. The van der Waals surface area contributed by atoms with E-state index in [0.717, 1.165) is 5.56 Å². The Morgan fingerprint density at radius 2 is 2.04 bits per heavy atom. The zero-order valence-corrected chi connectivity index (χ0v) is 13.9. The van der Waals surface area contributed by atoms with Gasteiger partial charge in [0.25, 0.3) is 0 Å². The Labute approximate surface area is 143 Å². The number of aliphatic carboxylic acids is 1. The molecular formula is C19H17NO5. The molecule has 0 spiro atoms. The van der Waals surface area contributed by atoms with Gasteiger partial charge in [-0.1, -0.05) is 6.07 Å². The van der Waals surface area contributed by atoms with E-state index in [1.807, 2.05) is 12.1 Å². The Morgan fingerprint density at radius 1 is 1.24 bits per heavy atom. The molecule has 3 aromatic rings. The molecule has 0 aliphatic carbocycles. The molecule has 128 valence electrons. The first-order chi connectivity index (χ1) is 12.0. The summed E-state index contributed by atoms with van der Waals surface area (Å²) in [6.07, 6.45) is 3.05. The number of hydrogen-bond acceptors (Lipinski definition) is 5. The van der Waals surface area contributed by atoms with Crippen molar-refractivity contribution in [2.45, 2.75) is 26.9 Å². The van der Waals surface area contributed by atoms with E-state index in [-0.39, 0.29) is 12.0 Å². The third-order valence-corrected chi connectivity index (χ3v) is 4.10. The second kappa shape index (κ2) is 6.76. The molecule has 0 bridgehead atoms. The standard InChI is InChI=1S/C19H17NO5/c1-11-14-5-6-16(24-10-13-4-3-7-20-9-13)12(2)18(14)25-19(23)15(11)8-17(21)22/h3-7,9H,8,10H2,1-2H3,(H,21,22). The Balaban J connectivity index is 2.00. The maximum Gasteiger partial charge on any atom is 0.340 e. The number of aryl methyl sites for hydroxylation is 2. The molecule has 0 amide bonds. The summed E-state index contributed by atoms with van der Waals surface area (Å²) in [5.41, 5.74) is 2.21. The van der Waals surface area contributed by atoms with Crippen molar-refractivity contribution in [2.24, 2.45) is 0 Å². The molecule has 0 aliphatic rings. The van der Waals surface area contributed by atoms with Gasteiger partial charge in [-0.05, 0) is 37.6 Å². The summed E-state index contributed by atoms with van der Waals surface area (Å²) in [5, 5.41) is 9.67. The monoisotopic (exact) mass is 339 g/mol. The fourth-order valence-corrected chi connectivity index (χ4v) is 2.73. The summed E-state index contributed by atoms with van der Waals surface area (Å²) < 4.78 is 11.2. The van der Waals surface area contributed by atoms with E-state index < -0.39 is 11.6 Å². The van der Waals surface area contributed by atoms with Gasteiger partial charge in [0.1, 0.15) is 17.9 Å². The first kappa shape index (κ1) is 16.7. The number of ether oxygens (including phenoxy) is 1. The van der Waals surface area contributed by atoms with E-state index >= 15 is 0 Å². The van der Waals surface area contributed by atoms with Gasteiger partial charge in [-0.2, -0.15) is 0 Å². The highest BCUT2D eigenvalue weighted by molar-refractivity contribution is 5.86. The summed E-state index contributed by atoms with van der Waals surface area (Å²) in [5.74, 6) is -0.465. The van der Waals surface area contributed by atoms with Gasteiger partial charge >= 0.3 is 11.6 Å². The van der Waals surface area contributed by atoms with Crippen LogP contribution >= 0.6 is 0 Å². The molecular weight excluding hydrogens is 322 g/mol. The number of carbonyl (C=O) groups is 1. The fraction of sp³-hybridized carbons (Fsp3) is 0.211. The number of carboxylic acids is 1. The van der Waals surface area contributed by atoms with Crippen molar-refractivity contribution in [3.63, 3.8) is 0 Å². The van der Waals surface area contributed by atoms with Gasteiger partial charge in [0, 0.05) is 28.9 Å². The number of hydrogen-bond donors (Lipinski definition) is 1. The lowest BCUT2D eigenvalue weighted by Crippen LogP contribution is -2.15. The van der Waals surface area contributed by atoms with Crippen LogP contribution in [0, 0.1) is 13.8 Å². The van der Waals surface area contributed by atoms with E-state index in [1.54, 1.807) is 38.4 Å². The van der Waals surface area contributed by atoms with Crippen molar-refractivity contribution < 1.29 is 19.1 Å². The maximum atomic E-state index is 12.2.